The van der Waals surface area contributed by atoms with Gasteiger partial charge in [-0.2, -0.15) is 0 Å². The molecule has 1 aliphatic rings. The van der Waals surface area contributed by atoms with Gasteiger partial charge in [-0.3, -0.25) is 9.78 Å². The minimum atomic E-state index is -0.0740. The fraction of sp³-hybridized carbons (Fsp3) is 0.304. The quantitative estimate of drug-likeness (QED) is 0.641. The summed E-state index contributed by atoms with van der Waals surface area (Å²) in [5, 5.41) is 3.45. The Morgan fingerprint density at radius 2 is 1.83 bits per heavy atom. The third kappa shape index (κ3) is 3.46. The second kappa shape index (κ2) is 7.28. The number of methoxy groups -OCH3 is 2. The van der Waals surface area contributed by atoms with Gasteiger partial charge in [0.1, 0.15) is 0 Å². The molecule has 1 aliphatic carbocycles. The van der Waals surface area contributed by atoms with Crippen LogP contribution in [-0.2, 0) is 6.42 Å². The molecule has 4 rings (SSSR count). The van der Waals surface area contributed by atoms with Crippen molar-refractivity contribution in [1.82, 2.24) is 9.97 Å². The molecule has 3 aromatic rings. The SMILES string of the molecule is COc1cccc(Nc2c(-c3ccncc3)[nH]c3c2C(=O)CC(C)(C)C3)c1OC. The third-order valence-electron chi connectivity index (χ3n) is 5.28. The number of fused-ring (bicyclic) bond motifs is 1. The average Bonchev–Trinajstić information content (AvgIpc) is 3.05. The highest BCUT2D eigenvalue weighted by molar-refractivity contribution is 6.08. The number of ketones is 1. The van der Waals surface area contributed by atoms with Crippen LogP contribution in [0.4, 0.5) is 11.4 Å². The fourth-order valence-corrected chi connectivity index (χ4v) is 4.04. The van der Waals surface area contributed by atoms with E-state index in [-0.39, 0.29) is 11.2 Å². The van der Waals surface area contributed by atoms with Gasteiger partial charge in [0, 0.05) is 30.1 Å². The molecule has 6 nitrogen and oxygen atoms in total. The summed E-state index contributed by atoms with van der Waals surface area (Å²) in [6.07, 6.45) is 4.81. The van der Waals surface area contributed by atoms with E-state index in [0.29, 0.717) is 17.9 Å². The number of nitrogens with zero attached hydrogens (tertiary/aromatic N) is 1. The first-order valence-electron chi connectivity index (χ1n) is 9.60. The zero-order valence-electron chi connectivity index (χ0n) is 17.1. The number of nitrogens with one attached hydrogen (secondary N) is 2. The van der Waals surface area contributed by atoms with E-state index in [1.807, 2.05) is 30.3 Å². The van der Waals surface area contributed by atoms with E-state index in [9.17, 15) is 4.79 Å². The summed E-state index contributed by atoms with van der Waals surface area (Å²) >= 11 is 0. The van der Waals surface area contributed by atoms with Crippen LogP contribution in [0.15, 0.2) is 42.7 Å². The highest BCUT2D eigenvalue weighted by Gasteiger charge is 2.36. The monoisotopic (exact) mass is 391 g/mol. The predicted molar refractivity (Wildman–Crippen MR) is 113 cm³/mol. The van der Waals surface area contributed by atoms with Crippen LogP contribution in [0.3, 0.4) is 0 Å². The second-order valence-corrected chi connectivity index (χ2v) is 8.07. The van der Waals surface area contributed by atoms with Crippen molar-refractivity contribution in [3.63, 3.8) is 0 Å². The first kappa shape index (κ1) is 19.1. The number of carbonyl (C=O) groups is 1. The number of hydrogen-bond acceptors (Lipinski definition) is 5. The highest BCUT2D eigenvalue weighted by Crippen LogP contribution is 2.45. The molecule has 0 saturated heterocycles. The van der Waals surface area contributed by atoms with Crippen molar-refractivity contribution in [1.29, 1.82) is 0 Å². The first-order valence-corrected chi connectivity index (χ1v) is 9.60. The summed E-state index contributed by atoms with van der Waals surface area (Å²) in [5.74, 6) is 1.35. The Hall–Kier alpha value is -3.28. The highest BCUT2D eigenvalue weighted by atomic mass is 16.5. The lowest BCUT2D eigenvalue weighted by atomic mass is 9.76. The second-order valence-electron chi connectivity index (χ2n) is 8.07. The van der Waals surface area contributed by atoms with Crippen LogP contribution in [-0.4, -0.2) is 30.0 Å². The molecule has 0 unspecified atom stereocenters. The lowest BCUT2D eigenvalue weighted by Crippen LogP contribution is -2.26. The van der Waals surface area contributed by atoms with E-state index in [1.54, 1.807) is 26.6 Å². The van der Waals surface area contributed by atoms with E-state index in [4.69, 9.17) is 9.47 Å². The van der Waals surface area contributed by atoms with Gasteiger partial charge in [-0.05, 0) is 36.1 Å². The van der Waals surface area contributed by atoms with Gasteiger partial charge in [0.25, 0.3) is 0 Å². The zero-order valence-corrected chi connectivity index (χ0v) is 17.1. The summed E-state index contributed by atoms with van der Waals surface area (Å²) in [7, 11) is 3.21. The standard InChI is InChI=1S/C23H25N3O3/c1-23(2)12-16-19(17(27)13-23)21(20(26-16)14-8-10-24-11-9-14)25-15-6-5-7-18(28-3)22(15)29-4/h5-11,25-26H,12-13H2,1-4H3. The van der Waals surface area contributed by atoms with Crippen LogP contribution < -0.4 is 14.8 Å². The lowest BCUT2D eigenvalue weighted by Gasteiger charge is -2.28. The van der Waals surface area contributed by atoms with Crippen molar-refractivity contribution in [2.75, 3.05) is 19.5 Å². The van der Waals surface area contributed by atoms with Crippen LogP contribution >= 0.6 is 0 Å². The third-order valence-corrected chi connectivity index (χ3v) is 5.28. The maximum absolute atomic E-state index is 13.1. The van der Waals surface area contributed by atoms with E-state index >= 15 is 0 Å². The number of H-pyrrole nitrogens is 1. The summed E-state index contributed by atoms with van der Waals surface area (Å²) in [6.45, 7) is 4.25. The van der Waals surface area contributed by atoms with Gasteiger partial charge in [-0.25, -0.2) is 0 Å². The molecule has 0 atom stereocenters. The van der Waals surface area contributed by atoms with E-state index in [2.05, 4.69) is 29.1 Å². The Morgan fingerprint density at radius 3 is 2.52 bits per heavy atom. The largest absolute Gasteiger partial charge is 0.493 e. The normalized spacial score (nSPS) is 15.0. The minimum Gasteiger partial charge on any atom is -0.493 e. The fourth-order valence-electron chi connectivity index (χ4n) is 4.04. The molecule has 0 fully saturated rings. The molecule has 0 amide bonds. The van der Waals surface area contributed by atoms with Crippen LogP contribution in [0.1, 0.15) is 36.3 Å². The smallest absolute Gasteiger partial charge is 0.184 e. The van der Waals surface area contributed by atoms with Gasteiger partial charge >= 0.3 is 0 Å². The molecular formula is C23H25N3O3. The molecule has 0 spiro atoms. The summed E-state index contributed by atoms with van der Waals surface area (Å²) in [5.41, 5.74) is 4.94. The molecule has 150 valence electrons. The van der Waals surface area contributed by atoms with Crippen molar-refractivity contribution < 1.29 is 14.3 Å². The molecule has 2 N–H and O–H groups in total. The number of Topliss-reactive ketones (excluding diaryl/α,β-unsaturated/α-hetero) is 1. The van der Waals surface area contributed by atoms with Gasteiger partial charge in [-0.15, -0.1) is 0 Å². The Balaban J connectivity index is 1.89. The maximum Gasteiger partial charge on any atom is 0.184 e. The molecule has 2 heterocycles. The van der Waals surface area contributed by atoms with Crippen molar-refractivity contribution in [2.45, 2.75) is 26.7 Å². The first-order chi connectivity index (χ1) is 13.9. The Bertz CT molecular complexity index is 1050. The van der Waals surface area contributed by atoms with Gasteiger partial charge in [0.2, 0.25) is 0 Å². The number of benzene rings is 1. The van der Waals surface area contributed by atoms with Crippen molar-refractivity contribution in [3.8, 4) is 22.8 Å². The maximum atomic E-state index is 13.1. The van der Waals surface area contributed by atoms with Crippen LogP contribution in [0.5, 0.6) is 11.5 Å². The molecule has 1 aromatic carbocycles. The molecule has 0 bridgehead atoms. The van der Waals surface area contributed by atoms with E-state index in [0.717, 1.165) is 40.3 Å². The van der Waals surface area contributed by atoms with Crippen LogP contribution in [0.25, 0.3) is 11.3 Å². The number of carbonyl (C=O) groups excluding carboxylic acids is 1. The molecule has 0 saturated carbocycles. The minimum absolute atomic E-state index is 0.0740. The van der Waals surface area contributed by atoms with Gasteiger partial charge in [0.15, 0.2) is 17.3 Å². The molecule has 29 heavy (non-hydrogen) atoms. The number of para-hydroxylation sites is 1. The predicted octanol–water partition coefficient (Wildman–Crippen LogP) is 4.99. The van der Waals surface area contributed by atoms with Gasteiger partial charge in [-0.1, -0.05) is 19.9 Å². The van der Waals surface area contributed by atoms with Crippen molar-refractivity contribution in [3.05, 3.63) is 54.0 Å². The average molecular weight is 391 g/mol. The molecule has 2 aromatic heterocycles. The molecule has 6 heteroatoms. The Morgan fingerprint density at radius 1 is 1.07 bits per heavy atom. The summed E-state index contributed by atoms with van der Waals surface area (Å²) < 4.78 is 11.0. The van der Waals surface area contributed by atoms with E-state index < -0.39 is 0 Å². The Kier molecular flexibility index (Phi) is 4.78. The summed E-state index contributed by atoms with van der Waals surface area (Å²) in [6, 6.07) is 9.50. The Labute approximate surface area is 170 Å². The van der Waals surface area contributed by atoms with Crippen molar-refractivity contribution >= 4 is 17.2 Å². The van der Waals surface area contributed by atoms with E-state index in [1.165, 1.54) is 0 Å². The zero-order chi connectivity index (χ0) is 20.6. The number of pyridine rings is 1. The summed E-state index contributed by atoms with van der Waals surface area (Å²) in [4.78, 5) is 20.7. The number of hydrogen-bond donors (Lipinski definition) is 2. The lowest BCUT2D eigenvalue weighted by molar-refractivity contribution is 0.0912. The number of ether oxygens (including phenoxy) is 2. The van der Waals surface area contributed by atoms with Gasteiger partial charge in [0.05, 0.1) is 36.9 Å². The van der Waals surface area contributed by atoms with Gasteiger partial charge < -0.3 is 19.8 Å². The molecular weight excluding hydrogens is 366 g/mol. The number of aromatic nitrogens is 2. The topological polar surface area (TPSA) is 76.2 Å². The number of anilines is 2. The van der Waals surface area contributed by atoms with Crippen molar-refractivity contribution in [2.24, 2.45) is 5.41 Å². The number of aromatic amines is 1. The van der Waals surface area contributed by atoms with Crippen LogP contribution in [0.2, 0.25) is 0 Å². The number of rotatable bonds is 5. The van der Waals surface area contributed by atoms with Crippen LogP contribution in [0, 0.1) is 5.41 Å². The molecule has 0 radical (unpaired) electrons. The molecule has 0 aliphatic heterocycles.